The number of piperazine rings is 1. The molecule has 29 heavy (non-hydrogen) atoms. The number of hydrogen-bond donors (Lipinski definition) is 0. The van der Waals surface area contributed by atoms with Crippen LogP contribution in [0.4, 0.5) is 0 Å². The number of nitrogens with zero attached hydrogens (tertiary/aromatic N) is 4. The number of benzene rings is 2. The van der Waals surface area contributed by atoms with E-state index < -0.39 is 0 Å². The summed E-state index contributed by atoms with van der Waals surface area (Å²) in [4.78, 5) is 17.1. The zero-order valence-corrected chi connectivity index (χ0v) is 18.4. The van der Waals surface area contributed by atoms with Gasteiger partial charge in [-0.15, -0.1) is 0 Å². The first-order chi connectivity index (χ1) is 14.0. The smallest absolute Gasteiger partial charge is 0.253 e. The molecule has 150 valence electrons. The minimum Gasteiger partial charge on any atom is -0.336 e. The number of aryl methyl sites for hydroxylation is 1. The van der Waals surface area contributed by atoms with Gasteiger partial charge in [-0.05, 0) is 44.2 Å². The van der Waals surface area contributed by atoms with Crippen LogP contribution in [0.5, 0.6) is 0 Å². The number of carbonyl (C=O) groups excluding carboxylic acids is 1. The molecule has 0 bridgehead atoms. The van der Waals surface area contributed by atoms with Gasteiger partial charge in [-0.3, -0.25) is 9.69 Å². The van der Waals surface area contributed by atoms with Crippen LogP contribution in [0.25, 0.3) is 5.69 Å². The minimum absolute atomic E-state index is 0.107. The molecule has 0 N–H and O–H groups in total. The average Bonchev–Trinajstić information content (AvgIpc) is 3.03. The maximum Gasteiger partial charge on any atom is 0.253 e. The van der Waals surface area contributed by atoms with Crippen LogP contribution in [0, 0.1) is 13.8 Å². The van der Waals surface area contributed by atoms with Crippen molar-refractivity contribution in [2.45, 2.75) is 20.4 Å². The first-order valence-corrected chi connectivity index (χ1v) is 10.7. The van der Waals surface area contributed by atoms with Crippen LogP contribution in [0.3, 0.4) is 0 Å². The van der Waals surface area contributed by atoms with Gasteiger partial charge >= 0.3 is 0 Å². The summed E-state index contributed by atoms with van der Waals surface area (Å²) >= 11 is 3.45. The number of aromatic nitrogens is 2. The maximum absolute atomic E-state index is 12.8. The SMILES string of the molecule is Cc1nn(-c2ccccc2)c(C)c1CN1CCN(C(=O)c2cccc(Br)c2)CC1. The fourth-order valence-electron chi connectivity index (χ4n) is 3.86. The monoisotopic (exact) mass is 452 g/mol. The van der Waals surface area contributed by atoms with Crippen molar-refractivity contribution in [1.82, 2.24) is 19.6 Å². The number of hydrogen-bond acceptors (Lipinski definition) is 3. The molecule has 0 unspecified atom stereocenters. The van der Waals surface area contributed by atoms with Gasteiger partial charge in [0.05, 0.1) is 11.4 Å². The molecular formula is C23H25BrN4O. The summed E-state index contributed by atoms with van der Waals surface area (Å²) in [6.45, 7) is 8.31. The topological polar surface area (TPSA) is 41.4 Å². The number of carbonyl (C=O) groups is 1. The predicted molar refractivity (Wildman–Crippen MR) is 118 cm³/mol. The maximum atomic E-state index is 12.8. The van der Waals surface area contributed by atoms with Crippen molar-refractivity contribution in [3.05, 3.63) is 81.6 Å². The molecule has 6 heteroatoms. The third kappa shape index (κ3) is 4.28. The van der Waals surface area contributed by atoms with E-state index in [0.717, 1.165) is 54.1 Å². The van der Waals surface area contributed by atoms with Gasteiger partial charge in [-0.1, -0.05) is 40.2 Å². The molecule has 2 aromatic carbocycles. The largest absolute Gasteiger partial charge is 0.336 e. The van der Waals surface area contributed by atoms with Gasteiger partial charge < -0.3 is 4.90 Å². The quantitative estimate of drug-likeness (QED) is 0.595. The fraction of sp³-hybridized carbons (Fsp3) is 0.304. The molecule has 1 aliphatic rings. The van der Waals surface area contributed by atoms with Crippen molar-refractivity contribution in [2.24, 2.45) is 0 Å². The highest BCUT2D eigenvalue weighted by molar-refractivity contribution is 9.10. The highest BCUT2D eigenvalue weighted by atomic mass is 79.9. The molecule has 2 heterocycles. The Morgan fingerprint density at radius 3 is 2.41 bits per heavy atom. The lowest BCUT2D eigenvalue weighted by Gasteiger charge is -2.34. The highest BCUT2D eigenvalue weighted by Gasteiger charge is 2.24. The van der Waals surface area contributed by atoms with E-state index >= 15 is 0 Å². The second-order valence-electron chi connectivity index (χ2n) is 7.48. The van der Waals surface area contributed by atoms with Gasteiger partial charge in [0.25, 0.3) is 5.91 Å². The lowest BCUT2D eigenvalue weighted by Crippen LogP contribution is -2.48. The number of rotatable bonds is 4. The van der Waals surface area contributed by atoms with Crippen LogP contribution in [0.1, 0.15) is 27.3 Å². The summed E-state index contributed by atoms with van der Waals surface area (Å²) in [6, 6.07) is 17.9. The average molecular weight is 453 g/mol. The molecule has 3 aromatic rings. The van der Waals surface area contributed by atoms with E-state index in [1.807, 2.05) is 52.0 Å². The molecule has 1 fully saturated rings. The molecule has 0 spiro atoms. The Morgan fingerprint density at radius 2 is 1.72 bits per heavy atom. The molecule has 0 saturated carbocycles. The zero-order chi connectivity index (χ0) is 20.4. The molecular weight excluding hydrogens is 428 g/mol. The van der Waals surface area contributed by atoms with Crippen molar-refractivity contribution in [1.29, 1.82) is 0 Å². The van der Waals surface area contributed by atoms with Gasteiger partial charge in [0.15, 0.2) is 0 Å². The predicted octanol–water partition coefficient (Wildman–Crippen LogP) is 4.21. The minimum atomic E-state index is 0.107. The van der Waals surface area contributed by atoms with Gasteiger partial charge in [-0.25, -0.2) is 4.68 Å². The zero-order valence-electron chi connectivity index (χ0n) is 16.8. The van der Waals surface area contributed by atoms with E-state index in [1.165, 1.54) is 11.3 Å². The molecule has 1 saturated heterocycles. The van der Waals surface area contributed by atoms with Gasteiger partial charge in [0.2, 0.25) is 0 Å². The summed E-state index contributed by atoms with van der Waals surface area (Å²) in [7, 11) is 0. The van der Waals surface area contributed by atoms with Crippen LogP contribution in [-0.2, 0) is 6.54 Å². The first kappa shape index (κ1) is 19.9. The summed E-state index contributed by atoms with van der Waals surface area (Å²) in [5, 5.41) is 4.76. The molecule has 1 aromatic heterocycles. The van der Waals surface area contributed by atoms with E-state index in [4.69, 9.17) is 5.10 Å². The van der Waals surface area contributed by atoms with E-state index in [2.05, 4.69) is 46.8 Å². The Hall–Kier alpha value is -2.44. The molecule has 1 amide bonds. The highest BCUT2D eigenvalue weighted by Crippen LogP contribution is 2.21. The standard InChI is InChI=1S/C23H25BrN4O/c1-17-22(18(2)28(25-17)21-9-4-3-5-10-21)16-26-11-13-27(14-12-26)23(29)19-7-6-8-20(24)15-19/h3-10,15H,11-14,16H2,1-2H3. The molecule has 0 radical (unpaired) electrons. The van der Waals surface area contributed by atoms with Crippen LogP contribution in [-0.4, -0.2) is 51.7 Å². The molecule has 5 nitrogen and oxygen atoms in total. The van der Waals surface area contributed by atoms with Crippen molar-refractivity contribution in [3.8, 4) is 5.69 Å². The van der Waals surface area contributed by atoms with Gasteiger partial charge in [0.1, 0.15) is 0 Å². The van der Waals surface area contributed by atoms with Gasteiger partial charge in [-0.2, -0.15) is 5.10 Å². The summed E-state index contributed by atoms with van der Waals surface area (Å²) in [6.07, 6.45) is 0. The van der Waals surface area contributed by atoms with Crippen molar-refractivity contribution < 1.29 is 4.79 Å². The number of para-hydroxylation sites is 1. The second kappa shape index (κ2) is 8.51. The fourth-order valence-corrected chi connectivity index (χ4v) is 4.26. The second-order valence-corrected chi connectivity index (χ2v) is 8.39. The van der Waals surface area contributed by atoms with Crippen LogP contribution in [0.2, 0.25) is 0 Å². The Bertz CT molecular complexity index is 1010. The summed E-state index contributed by atoms with van der Waals surface area (Å²) < 4.78 is 2.96. The number of halogens is 1. The van der Waals surface area contributed by atoms with Crippen molar-refractivity contribution >= 4 is 21.8 Å². The van der Waals surface area contributed by atoms with Crippen molar-refractivity contribution in [2.75, 3.05) is 26.2 Å². The van der Waals surface area contributed by atoms with E-state index in [0.29, 0.717) is 0 Å². The summed E-state index contributed by atoms with van der Waals surface area (Å²) in [5.41, 5.74) is 5.35. The lowest BCUT2D eigenvalue weighted by molar-refractivity contribution is 0.0628. The Balaban J connectivity index is 1.41. The third-order valence-corrected chi connectivity index (χ3v) is 6.05. The van der Waals surface area contributed by atoms with Crippen LogP contribution < -0.4 is 0 Å². The molecule has 0 aliphatic carbocycles. The Labute approximate surface area is 180 Å². The molecule has 1 aliphatic heterocycles. The van der Waals surface area contributed by atoms with Crippen LogP contribution >= 0.6 is 15.9 Å². The lowest BCUT2D eigenvalue weighted by atomic mass is 10.1. The normalized spacial score (nSPS) is 14.9. The van der Waals surface area contributed by atoms with Crippen LogP contribution in [0.15, 0.2) is 59.1 Å². The van der Waals surface area contributed by atoms with Gasteiger partial charge in [0, 0.05) is 54.0 Å². The van der Waals surface area contributed by atoms with E-state index in [9.17, 15) is 4.79 Å². The third-order valence-electron chi connectivity index (χ3n) is 5.55. The van der Waals surface area contributed by atoms with Crippen molar-refractivity contribution in [3.63, 3.8) is 0 Å². The molecule has 0 atom stereocenters. The Kier molecular flexibility index (Phi) is 5.83. The summed E-state index contributed by atoms with van der Waals surface area (Å²) in [5.74, 6) is 0.107. The van der Waals surface area contributed by atoms with E-state index in [-0.39, 0.29) is 5.91 Å². The van der Waals surface area contributed by atoms with E-state index in [1.54, 1.807) is 0 Å². The number of amides is 1. The Morgan fingerprint density at radius 1 is 1.00 bits per heavy atom. The molecule has 4 rings (SSSR count). The first-order valence-electron chi connectivity index (χ1n) is 9.90.